The first-order valence-electron chi connectivity index (χ1n) is 9.11. The van der Waals surface area contributed by atoms with E-state index in [2.05, 4.69) is 42.8 Å². The van der Waals surface area contributed by atoms with Crippen molar-refractivity contribution in [3.05, 3.63) is 59.8 Å². The summed E-state index contributed by atoms with van der Waals surface area (Å²) < 4.78 is 0. The summed E-state index contributed by atoms with van der Waals surface area (Å²) in [5.41, 5.74) is 2.96. The van der Waals surface area contributed by atoms with Crippen LogP contribution in [0.25, 0.3) is 0 Å². The molecule has 7 heteroatoms. The van der Waals surface area contributed by atoms with Crippen molar-refractivity contribution in [1.29, 1.82) is 0 Å². The molecule has 1 aromatic heterocycles. The van der Waals surface area contributed by atoms with E-state index in [0.29, 0.717) is 16.8 Å². The van der Waals surface area contributed by atoms with Gasteiger partial charge < -0.3 is 15.5 Å². The first kappa shape index (κ1) is 17.5. The molecule has 0 amide bonds. The molecule has 0 saturated carbocycles. The Labute approximate surface area is 163 Å². The zero-order valence-corrected chi connectivity index (χ0v) is 15.7. The number of nitrogens with zero attached hydrogens (tertiary/aromatic N) is 4. The van der Waals surface area contributed by atoms with Gasteiger partial charge in [-0.15, -0.1) is 5.10 Å². The lowest BCUT2D eigenvalue weighted by molar-refractivity contribution is 0.578. The van der Waals surface area contributed by atoms with Gasteiger partial charge in [0.25, 0.3) is 0 Å². The SMILES string of the molecule is Clc1ccccc1Nc1cnnc(Nc2ccc(N3CCCCC3)cc2)n1. The molecule has 1 aliphatic rings. The summed E-state index contributed by atoms with van der Waals surface area (Å²) in [5.74, 6) is 1.00. The number of halogens is 1. The van der Waals surface area contributed by atoms with E-state index in [1.807, 2.05) is 36.4 Å². The molecular formula is C20H21ClN6. The molecular weight excluding hydrogens is 360 g/mol. The topological polar surface area (TPSA) is 66.0 Å². The van der Waals surface area contributed by atoms with Crippen LogP contribution in [0.3, 0.4) is 0 Å². The number of nitrogens with one attached hydrogen (secondary N) is 2. The van der Waals surface area contributed by atoms with Gasteiger partial charge in [0.2, 0.25) is 5.95 Å². The zero-order chi connectivity index (χ0) is 18.5. The van der Waals surface area contributed by atoms with Crippen LogP contribution >= 0.6 is 11.6 Å². The molecule has 1 fully saturated rings. The highest BCUT2D eigenvalue weighted by atomic mass is 35.5. The van der Waals surface area contributed by atoms with E-state index in [4.69, 9.17) is 11.6 Å². The minimum Gasteiger partial charge on any atom is -0.372 e. The highest BCUT2D eigenvalue weighted by Crippen LogP contribution is 2.25. The van der Waals surface area contributed by atoms with Gasteiger partial charge in [-0.25, -0.2) is 0 Å². The second-order valence-corrected chi connectivity index (χ2v) is 6.90. The Morgan fingerprint density at radius 1 is 0.889 bits per heavy atom. The van der Waals surface area contributed by atoms with Gasteiger partial charge in [0.1, 0.15) is 0 Å². The average molecular weight is 381 g/mol. The maximum atomic E-state index is 6.18. The Kier molecular flexibility index (Phi) is 5.34. The van der Waals surface area contributed by atoms with Crippen LogP contribution in [0.1, 0.15) is 19.3 Å². The molecule has 0 atom stereocenters. The van der Waals surface area contributed by atoms with Gasteiger partial charge in [0, 0.05) is 24.5 Å². The monoisotopic (exact) mass is 380 g/mol. The van der Waals surface area contributed by atoms with Crippen LogP contribution in [0.2, 0.25) is 5.02 Å². The minimum absolute atomic E-state index is 0.428. The number of hydrogen-bond donors (Lipinski definition) is 2. The summed E-state index contributed by atoms with van der Waals surface area (Å²) in [6.45, 7) is 2.27. The fourth-order valence-corrected chi connectivity index (χ4v) is 3.34. The summed E-state index contributed by atoms with van der Waals surface area (Å²) >= 11 is 6.18. The van der Waals surface area contributed by atoms with Crippen LogP contribution in [-0.2, 0) is 0 Å². The number of anilines is 5. The normalized spacial score (nSPS) is 14.0. The maximum Gasteiger partial charge on any atom is 0.249 e. The van der Waals surface area contributed by atoms with Gasteiger partial charge in [0.15, 0.2) is 5.82 Å². The lowest BCUT2D eigenvalue weighted by Crippen LogP contribution is -2.29. The molecule has 0 spiro atoms. The van der Waals surface area contributed by atoms with Gasteiger partial charge >= 0.3 is 0 Å². The zero-order valence-electron chi connectivity index (χ0n) is 14.9. The number of benzene rings is 2. The van der Waals surface area contributed by atoms with Gasteiger partial charge in [-0.1, -0.05) is 23.7 Å². The Morgan fingerprint density at radius 3 is 2.44 bits per heavy atom. The van der Waals surface area contributed by atoms with E-state index < -0.39 is 0 Å². The number of rotatable bonds is 5. The van der Waals surface area contributed by atoms with E-state index >= 15 is 0 Å². The Balaban J connectivity index is 1.44. The highest BCUT2D eigenvalue weighted by Gasteiger charge is 2.11. The van der Waals surface area contributed by atoms with Crippen LogP contribution in [0.15, 0.2) is 54.7 Å². The van der Waals surface area contributed by atoms with Crippen LogP contribution in [0.4, 0.5) is 28.8 Å². The molecule has 0 aliphatic carbocycles. The molecule has 6 nitrogen and oxygen atoms in total. The van der Waals surface area contributed by atoms with E-state index in [-0.39, 0.29) is 0 Å². The summed E-state index contributed by atoms with van der Waals surface area (Å²) in [4.78, 5) is 6.88. The van der Waals surface area contributed by atoms with Gasteiger partial charge in [0.05, 0.1) is 16.9 Å². The highest BCUT2D eigenvalue weighted by molar-refractivity contribution is 6.33. The third kappa shape index (κ3) is 4.46. The molecule has 0 unspecified atom stereocenters. The Bertz CT molecular complexity index is 893. The molecule has 1 saturated heterocycles. The third-order valence-electron chi connectivity index (χ3n) is 4.54. The van der Waals surface area contributed by atoms with Crippen molar-refractivity contribution in [3.8, 4) is 0 Å². The maximum absolute atomic E-state index is 6.18. The molecule has 0 radical (unpaired) electrons. The number of aromatic nitrogens is 3. The molecule has 3 aromatic rings. The summed E-state index contributed by atoms with van der Waals surface area (Å²) in [6.07, 6.45) is 5.43. The van der Waals surface area contributed by atoms with Crippen LogP contribution in [0, 0.1) is 0 Å². The van der Waals surface area contributed by atoms with Crippen molar-refractivity contribution < 1.29 is 0 Å². The van der Waals surface area contributed by atoms with Crippen LogP contribution in [-0.4, -0.2) is 28.3 Å². The van der Waals surface area contributed by atoms with Gasteiger partial charge in [-0.3, -0.25) is 0 Å². The lowest BCUT2D eigenvalue weighted by atomic mass is 10.1. The largest absolute Gasteiger partial charge is 0.372 e. The number of piperidine rings is 1. The molecule has 138 valence electrons. The predicted molar refractivity (Wildman–Crippen MR) is 110 cm³/mol. The summed E-state index contributed by atoms with van der Waals surface area (Å²) in [7, 11) is 0. The minimum atomic E-state index is 0.428. The standard InChI is InChI=1S/C20H21ClN6/c21-17-6-2-3-7-18(17)24-19-14-22-26-20(25-19)23-15-8-10-16(11-9-15)27-12-4-1-5-13-27/h2-3,6-11,14H,1,4-5,12-13H2,(H2,23,24,25,26). The van der Waals surface area contributed by atoms with Crippen LogP contribution in [0.5, 0.6) is 0 Å². The summed E-state index contributed by atoms with van der Waals surface area (Å²) in [5, 5.41) is 15.0. The van der Waals surface area contributed by atoms with E-state index in [0.717, 1.165) is 24.5 Å². The fraction of sp³-hybridized carbons (Fsp3) is 0.250. The number of hydrogen-bond acceptors (Lipinski definition) is 6. The molecule has 2 heterocycles. The quantitative estimate of drug-likeness (QED) is 0.649. The third-order valence-corrected chi connectivity index (χ3v) is 4.87. The van der Waals surface area contributed by atoms with Crippen molar-refractivity contribution in [2.75, 3.05) is 28.6 Å². The van der Waals surface area contributed by atoms with Crippen molar-refractivity contribution >= 4 is 40.4 Å². The predicted octanol–water partition coefficient (Wildman–Crippen LogP) is 5.00. The molecule has 2 N–H and O–H groups in total. The lowest BCUT2D eigenvalue weighted by Gasteiger charge is -2.28. The first-order chi connectivity index (χ1) is 13.3. The number of para-hydroxylation sites is 1. The molecule has 0 bridgehead atoms. The first-order valence-corrected chi connectivity index (χ1v) is 9.49. The average Bonchev–Trinajstić information content (AvgIpc) is 2.71. The van der Waals surface area contributed by atoms with Crippen molar-refractivity contribution in [1.82, 2.24) is 15.2 Å². The Hall–Kier alpha value is -2.86. The smallest absolute Gasteiger partial charge is 0.249 e. The molecule has 27 heavy (non-hydrogen) atoms. The van der Waals surface area contributed by atoms with Gasteiger partial charge in [-0.05, 0) is 55.7 Å². The second kappa shape index (κ2) is 8.22. The fourth-order valence-electron chi connectivity index (χ4n) is 3.15. The molecule has 4 rings (SSSR count). The van der Waals surface area contributed by atoms with Crippen molar-refractivity contribution in [2.24, 2.45) is 0 Å². The Morgan fingerprint density at radius 2 is 1.67 bits per heavy atom. The molecule has 2 aromatic carbocycles. The molecule has 1 aliphatic heterocycles. The van der Waals surface area contributed by atoms with Gasteiger partial charge in [-0.2, -0.15) is 10.1 Å². The van der Waals surface area contributed by atoms with Crippen molar-refractivity contribution in [3.63, 3.8) is 0 Å². The van der Waals surface area contributed by atoms with Crippen molar-refractivity contribution in [2.45, 2.75) is 19.3 Å². The van der Waals surface area contributed by atoms with Crippen LogP contribution < -0.4 is 15.5 Å². The second-order valence-electron chi connectivity index (χ2n) is 6.49. The van der Waals surface area contributed by atoms with E-state index in [1.54, 1.807) is 6.20 Å². The van der Waals surface area contributed by atoms with E-state index in [9.17, 15) is 0 Å². The summed E-state index contributed by atoms with van der Waals surface area (Å²) in [6, 6.07) is 15.8. The van der Waals surface area contributed by atoms with E-state index in [1.165, 1.54) is 24.9 Å².